The third kappa shape index (κ3) is 3.18. The van der Waals surface area contributed by atoms with E-state index in [4.69, 9.17) is 4.74 Å². The summed E-state index contributed by atoms with van der Waals surface area (Å²) in [5.41, 5.74) is -1.78. The molecule has 0 saturated heterocycles. The highest BCUT2D eigenvalue weighted by molar-refractivity contribution is 4.83. The van der Waals surface area contributed by atoms with Gasteiger partial charge in [-0.3, -0.25) is 0 Å². The second-order valence-corrected chi connectivity index (χ2v) is 3.73. The number of halogens is 3. The number of alkyl halides is 3. The minimum absolute atomic E-state index is 0.376. The van der Waals surface area contributed by atoms with E-state index in [0.717, 1.165) is 20.3 Å². The monoisotopic (exact) mass is 198 g/mol. The first kappa shape index (κ1) is 12.8. The van der Waals surface area contributed by atoms with Crippen molar-refractivity contribution in [1.82, 2.24) is 0 Å². The summed E-state index contributed by atoms with van der Waals surface area (Å²) >= 11 is 0. The Labute approximate surface area is 77.3 Å². The number of hydrogen-bond acceptors (Lipinski definition) is 1. The largest absolute Gasteiger partial charge is 0.396 e. The molecule has 0 spiro atoms. The molecule has 0 bridgehead atoms. The van der Waals surface area contributed by atoms with Crippen LogP contribution in [-0.2, 0) is 4.74 Å². The molecule has 1 nitrogen and oxygen atoms in total. The van der Waals surface area contributed by atoms with Crippen LogP contribution in [0.1, 0.15) is 34.1 Å². The maximum Gasteiger partial charge on any atom is 0.396 e. The fourth-order valence-electron chi connectivity index (χ4n) is 0.733. The average Bonchev–Trinajstić information content (AvgIpc) is 1.97. The molecule has 0 aliphatic heterocycles. The average molecular weight is 198 g/mol. The third-order valence-electron chi connectivity index (χ3n) is 2.32. The molecular formula is C9H17F3O. The van der Waals surface area contributed by atoms with Crippen molar-refractivity contribution in [3.8, 4) is 0 Å². The maximum atomic E-state index is 12.4. The lowest BCUT2D eigenvalue weighted by molar-refractivity contribution is -0.245. The number of hydrogen-bond donors (Lipinski definition) is 0. The minimum Gasteiger partial charge on any atom is -0.378 e. The highest BCUT2D eigenvalue weighted by Crippen LogP contribution is 2.41. The molecule has 4 heteroatoms. The van der Waals surface area contributed by atoms with Crippen molar-refractivity contribution in [1.29, 1.82) is 0 Å². The summed E-state index contributed by atoms with van der Waals surface area (Å²) in [6.07, 6.45) is -4.27. The van der Waals surface area contributed by atoms with E-state index in [1.54, 1.807) is 0 Å². The molecule has 0 aliphatic carbocycles. The zero-order chi connectivity index (χ0) is 10.7. The smallest absolute Gasteiger partial charge is 0.378 e. The summed E-state index contributed by atoms with van der Waals surface area (Å²) in [5, 5.41) is 0. The van der Waals surface area contributed by atoms with Gasteiger partial charge in [-0.2, -0.15) is 13.2 Å². The molecule has 0 radical (unpaired) electrons. The second-order valence-electron chi connectivity index (χ2n) is 3.73. The van der Waals surface area contributed by atoms with E-state index < -0.39 is 17.7 Å². The van der Waals surface area contributed by atoms with Crippen molar-refractivity contribution in [3.63, 3.8) is 0 Å². The predicted octanol–water partition coefficient (Wildman–Crippen LogP) is 3.39. The number of rotatable bonds is 4. The molecule has 13 heavy (non-hydrogen) atoms. The van der Waals surface area contributed by atoms with Crippen LogP contribution in [0.4, 0.5) is 13.2 Å². The lowest BCUT2D eigenvalue weighted by atomic mass is 9.86. The lowest BCUT2D eigenvalue weighted by Crippen LogP contribution is -2.42. The first-order valence-corrected chi connectivity index (χ1v) is 4.41. The SMILES string of the molecule is CCCOC(C)C(C)(C)C(F)(F)F. The van der Waals surface area contributed by atoms with Gasteiger partial charge in [-0.25, -0.2) is 0 Å². The van der Waals surface area contributed by atoms with Crippen molar-refractivity contribution < 1.29 is 17.9 Å². The standard InChI is InChI=1S/C9H17F3O/c1-5-6-13-7(2)8(3,4)9(10,11)12/h7H,5-6H2,1-4H3. The van der Waals surface area contributed by atoms with Gasteiger partial charge < -0.3 is 4.74 Å². The molecule has 1 atom stereocenters. The van der Waals surface area contributed by atoms with Crippen molar-refractivity contribution in [2.45, 2.75) is 46.4 Å². The molecular weight excluding hydrogens is 181 g/mol. The van der Waals surface area contributed by atoms with Crippen LogP contribution in [-0.4, -0.2) is 18.9 Å². The molecule has 0 rings (SSSR count). The third-order valence-corrected chi connectivity index (χ3v) is 2.32. The van der Waals surface area contributed by atoms with Gasteiger partial charge in [0.05, 0.1) is 11.5 Å². The quantitative estimate of drug-likeness (QED) is 0.672. The first-order valence-electron chi connectivity index (χ1n) is 4.41. The summed E-state index contributed by atoms with van der Waals surface area (Å²) < 4.78 is 42.4. The Bertz CT molecular complexity index is 151. The topological polar surface area (TPSA) is 9.23 Å². The fourth-order valence-corrected chi connectivity index (χ4v) is 0.733. The van der Waals surface area contributed by atoms with Crippen LogP contribution in [0.15, 0.2) is 0 Å². The van der Waals surface area contributed by atoms with Crippen molar-refractivity contribution in [3.05, 3.63) is 0 Å². The zero-order valence-corrected chi connectivity index (χ0v) is 8.53. The maximum absolute atomic E-state index is 12.4. The molecule has 0 fully saturated rings. The highest BCUT2D eigenvalue weighted by Gasteiger charge is 2.51. The van der Waals surface area contributed by atoms with Crippen molar-refractivity contribution >= 4 is 0 Å². The molecule has 0 aromatic heterocycles. The molecule has 0 amide bonds. The van der Waals surface area contributed by atoms with Gasteiger partial charge >= 0.3 is 6.18 Å². The van der Waals surface area contributed by atoms with E-state index in [1.807, 2.05) is 6.92 Å². The summed E-state index contributed by atoms with van der Waals surface area (Å²) in [7, 11) is 0. The van der Waals surface area contributed by atoms with Crippen molar-refractivity contribution in [2.24, 2.45) is 5.41 Å². The summed E-state index contributed by atoms with van der Waals surface area (Å²) in [4.78, 5) is 0. The molecule has 80 valence electrons. The normalized spacial score (nSPS) is 15.9. The highest BCUT2D eigenvalue weighted by atomic mass is 19.4. The van der Waals surface area contributed by atoms with Gasteiger partial charge in [0.1, 0.15) is 0 Å². The molecule has 0 saturated carbocycles. The van der Waals surface area contributed by atoms with Crippen molar-refractivity contribution in [2.75, 3.05) is 6.61 Å². The molecule has 0 N–H and O–H groups in total. The Morgan fingerprint density at radius 1 is 1.23 bits per heavy atom. The van der Waals surface area contributed by atoms with Gasteiger partial charge in [-0.15, -0.1) is 0 Å². The Hall–Kier alpha value is -0.250. The molecule has 0 aromatic carbocycles. The van der Waals surface area contributed by atoms with Gasteiger partial charge in [-0.05, 0) is 27.2 Å². The predicted molar refractivity (Wildman–Crippen MR) is 45.5 cm³/mol. The summed E-state index contributed by atoms with van der Waals surface area (Å²) in [5.74, 6) is 0. The molecule has 0 heterocycles. The first-order chi connectivity index (χ1) is 5.73. The van der Waals surface area contributed by atoms with Gasteiger partial charge in [-0.1, -0.05) is 6.92 Å². The van der Waals surface area contributed by atoms with E-state index in [1.165, 1.54) is 6.92 Å². The Balaban J connectivity index is 4.27. The van der Waals surface area contributed by atoms with Gasteiger partial charge in [0.15, 0.2) is 0 Å². The molecule has 0 aliphatic rings. The van der Waals surface area contributed by atoms with E-state index in [9.17, 15) is 13.2 Å². The minimum atomic E-state index is -4.21. The Kier molecular flexibility index (Phi) is 4.23. The van der Waals surface area contributed by atoms with E-state index >= 15 is 0 Å². The van der Waals surface area contributed by atoms with Crippen LogP contribution in [0.2, 0.25) is 0 Å². The van der Waals surface area contributed by atoms with Gasteiger partial charge in [0, 0.05) is 6.61 Å². The van der Waals surface area contributed by atoms with Crippen LogP contribution in [0.5, 0.6) is 0 Å². The van der Waals surface area contributed by atoms with Gasteiger partial charge in [0.2, 0.25) is 0 Å². The van der Waals surface area contributed by atoms with Gasteiger partial charge in [0.25, 0.3) is 0 Å². The Morgan fingerprint density at radius 2 is 1.69 bits per heavy atom. The summed E-state index contributed by atoms with van der Waals surface area (Å²) in [6.45, 7) is 6.03. The summed E-state index contributed by atoms with van der Waals surface area (Å²) in [6, 6.07) is 0. The van der Waals surface area contributed by atoms with Crippen LogP contribution >= 0.6 is 0 Å². The molecule has 0 aromatic rings. The zero-order valence-electron chi connectivity index (χ0n) is 8.53. The van der Waals surface area contributed by atoms with Crippen LogP contribution in [0.3, 0.4) is 0 Å². The van der Waals surface area contributed by atoms with E-state index in [0.29, 0.717) is 6.61 Å². The van der Waals surface area contributed by atoms with E-state index in [-0.39, 0.29) is 0 Å². The van der Waals surface area contributed by atoms with Crippen LogP contribution in [0, 0.1) is 5.41 Å². The van der Waals surface area contributed by atoms with Crippen LogP contribution in [0.25, 0.3) is 0 Å². The fraction of sp³-hybridized carbons (Fsp3) is 1.00. The van der Waals surface area contributed by atoms with Crippen LogP contribution < -0.4 is 0 Å². The molecule has 1 unspecified atom stereocenters. The number of ether oxygens (including phenoxy) is 1. The van der Waals surface area contributed by atoms with E-state index in [2.05, 4.69) is 0 Å². The Morgan fingerprint density at radius 3 is 2.00 bits per heavy atom. The second kappa shape index (κ2) is 4.31. The lowest BCUT2D eigenvalue weighted by Gasteiger charge is -2.33.